The molecule has 1 aromatic heterocycles. The molecule has 0 amide bonds. The molecule has 0 fully saturated rings. The van der Waals surface area contributed by atoms with Crippen molar-refractivity contribution in [2.75, 3.05) is 0 Å². The molecule has 2 rings (SSSR count). The van der Waals surface area contributed by atoms with E-state index in [2.05, 4.69) is 52.7 Å². The van der Waals surface area contributed by atoms with Gasteiger partial charge in [0, 0.05) is 12.8 Å². The summed E-state index contributed by atoms with van der Waals surface area (Å²) in [6.45, 7) is 3.91. The van der Waals surface area contributed by atoms with Crippen molar-refractivity contribution in [2.24, 2.45) is 0 Å². The Morgan fingerprint density at radius 2 is 1.70 bits per heavy atom. The van der Waals surface area contributed by atoms with Crippen molar-refractivity contribution in [3.63, 3.8) is 0 Å². The van der Waals surface area contributed by atoms with E-state index in [1.54, 1.807) is 0 Å². The van der Waals surface area contributed by atoms with E-state index >= 15 is 0 Å². The number of imidazole rings is 1. The van der Waals surface area contributed by atoms with E-state index in [0.29, 0.717) is 6.42 Å². The van der Waals surface area contributed by atoms with Crippen LogP contribution in [0.5, 0.6) is 0 Å². The van der Waals surface area contributed by atoms with Crippen LogP contribution in [0.15, 0.2) is 42.7 Å². The van der Waals surface area contributed by atoms with Crippen LogP contribution in [-0.4, -0.2) is 15.6 Å². The highest BCUT2D eigenvalue weighted by Gasteiger charge is 2.17. The van der Waals surface area contributed by atoms with Gasteiger partial charge in [0.05, 0.1) is 6.54 Å². The molecule has 0 aliphatic carbocycles. The van der Waals surface area contributed by atoms with Gasteiger partial charge in [0.2, 0.25) is 0 Å². The van der Waals surface area contributed by atoms with Gasteiger partial charge in [0.25, 0.3) is 5.82 Å². The molecule has 0 bridgehead atoms. The lowest BCUT2D eigenvalue weighted by atomic mass is 10.1. The second kappa shape index (κ2) is 12.3. The second-order valence-corrected chi connectivity index (χ2v) is 7.39. The number of unbranched alkanes of at least 4 members (excludes halogenated alkanes) is 6. The van der Waals surface area contributed by atoms with Crippen LogP contribution in [-0.2, 0) is 24.3 Å². The van der Waals surface area contributed by atoms with E-state index in [-0.39, 0.29) is 6.42 Å². The maximum Gasteiger partial charge on any atom is 0.303 e. The van der Waals surface area contributed by atoms with Gasteiger partial charge >= 0.3 is 5.97 Å². The van der Waals surface area contributed by atoms with Gasteiger partial charge in [-0.25, -0.2) is 9.13 Å². The second-order valence-electron chi connectivity index (χ2n) is 7.39. The van der Waals surface area contributed by atoms with Gasteiger partial charge in [-0.1, -0.05) is 75.8 Å². The fraction of sp³-hybridized carbons (Fsp3) is 0.565. The van der Waals surface area contributed by atoms with Gasteiger partial charge in [-0.05, 0) is 18.4 Å². The van der Waals surface area contributed by atoms with E-state index in [1.807, 2.05) is 6.07 Å². The number of rotatable bonds is 14. The third-order valence-electron chi connectivity index (χ3n) is 5.08. The van der Waals surface area contributed by atoms with Crippen molar-refractivity contribution in [3.05, 3.63) is 54.1 Å². The van der Waals surface area contributed by atoms with Crippen molar-refractivity contribution >= 4 is 5.97 Å². The van der Waals surface area contributed by atoms with Crippen LogP contribution in [0.25, 0.3) is 0 Å². The molecule has 1 aromatic carbocycles. The first-order valence-corrected chi connectivity index (χ1v) is 10.5. The summed E-state index contributed by atoms with van der Waals surface area (Å²) >= 11 is 0. The van der Waals surface area contributed by atoms with E-state index in [1.165, 1.54) is 56.3 Å². The molecule has 148 valence electrons. The molecule has 0 saturated heterocycles. The average Bonchev–Trinajstić information content (AvgIpc) is 3.03. The standard InChI is InChI=1S/C23H34N2O2/c1-2-3-4-5-6-7-11-15-22-24(17-12-16-23(26)27)18-19-25(22)20-21-13-9-8-10-14-21/h8-10,13-14,18-19H,2-7,11-12,15-17,20H2,1H3/p+1. The molecule has 0 radical (unpaired) electrons. The molecule has 4 nitrogen and oxygen atoms in total. The highest BCUT2D eigenvalue weighted by atomic mass is 16.4. The molecule has 0 atom stereocenters. The minimum absolute atomic E-state index is 0.230. The number of carboxylic acid groups (broad SMARTS) is 1. The summed E-state index contributed by atoms with van der Waals surface area (Å²) in [5, 5.41) is 8.91. The lowest BCUT2D eigenvalue weighted by Gasteiger charge is -2.06. The Kier molecular flexibility index (Phi) is 9.67. The fourth-order valence-electron chi connectivity index (χ4n) is 3.55. The van der Waals surface area contributed by atoms with Crippen molar-refractivity contribution in [1.29, 1.82) is 0 Å². The summed E-state index contributed by atoms with van der Waals surface area (Å²) in [5.74, 6) is 0.603. The summed E-state index contributed by atoms with van der Waals surface area (Å²) in [4.78, 5) is 10.8. The number of hydrogen-bond acceptors (Lipinski definition) is 1. The lowest BCUT2D eigenvalue weighted by Crippen LogP contribution is -2.38. The number of aliphatic carboxylic acids is 1. The zero-order valence-electron chi connectivity index (χ0n) is 16.8. The lowest BCUT2D eigenvalue weighted by molar-refractivity contribution is -0.695. The van der Waals surface area contributed by atoms with Crippen molar-refractivity contribution in [1.82, 2.24) is 4.57 Å². The molecule has 2 aromatic rings. The van der Waals surface area contributed by atoms with Gasteiger partial charge in [0.15, 0.2) is 0 Å². The third kappa shape index (κ3) is 7.98. The van der Waals surface area contributed by atoms with Gasteiger partial charge in [0.1, 0.15) is 18.9 Å². The van der Waals surface area contributed by atoms with E-state index < -0.39 is 5.97 Å². The smallest absolute Gasteiger partial charge is 0.303 e. The van der Waals surface area contributed by atoms with Crippen molar-refractivity contribution in [2.45, 2.75) is 84.2 Å². The predicted molar refractivity (Wildman–Crippen MR) is 109 cm³/mol. The Hall–Kier alpha value is -2.10. The van der Waals surface area contributed by atoms with Crippen LogP contribution in [0.4, 0.5) is 0 Å². The number of hydrogen-bond donors (Lipinski definition) is 1. The number of aryl methyl sites for hydroxylation is 1. The molecule has 0 spiro atoms. The minimum atomic E-state index is -0.715. The van der Waals surface area contributed by atoms with Gasteiger partial charge in [-0.2, -0.15) is 0 Å². The molecule has 1 N–H and O–H groups in total. The zero-order chi connectivity index (χ0) is 19.3. The molecule has 4 heteroatoms. The summed E-state index contributed by atoms with van der Waals surface area (Å²) in [7, 11) is 0. The summed E-state index contributed by atoms with van der Waals surface area (Å²) in [5.41, 5.74) is 1.30. The molecule has 27 heavy (non-hydrogen) atoms. The number of benzene rings is 1. The Balaban J connectivity index is 1.94. The van der Waals surface area contributed by atoms with E-state index in [9.17, 15) is 4.79 Å². The molecule has 0 aliphatic rings. The van der Waals surface area contributed by atoms with Crippen LogP contribution in [0.3, 0.4) is 0 Å². The number of carboxylic acids is 1. The Bertz CT molecular complexity index is 664. The third-order valence-corrected chi connectivity index (χ3v) is 5.08. The van der Waals surface area contributed by atoms with Crippen LogP contribution < -0.4 is 4.57 Å². The molecule has 0 saturated carbocycles. The summed E-state index contributed by atoms with van der Waals surface area (Å²) < 4.78 is 4.58. The van der Waals surface area contributed by atoms with Crippen LogP contribution in [0.2, 0.25) is 0 Å². The fourth-order valence-corrected chi connectivity index (χ4v) is 3.55. The van der Waals surface area contributed by atoms with Crippen molar-refractivity contribution < 1.29 is 14.5 Å². The SMILES string of the molecule is CCCCCCCCCc1n(CCCC(=O)O)cc[n+]1Cc1ccccc1. The van der Waals surface area contributed by atoms with Gasteiger partial charge in [-0.15, -0.1) is 0 Å². The first-order valence-electron chi connectivity index (χ1n) is 10.5. The molecular weight excluding hydrogens is 336 g/mol. The summed E-state index contributed by atoms with van der Waals surface area (Å²) in [6.07, 6.45) is 15.4. The topological polar surface area (TPSA) is 46.1 Å². The normalized spacial score (nSPS) is 11.0. The monoisotopic (exact) mass is 371 g/mol. The Labute approximate surface area is 163 Å². The maximum atomic E-state index is 10.8. The predicted octanol–water partition coefficient (Wildman–Crippen LogP) is 4.98. The Morgan fingerprint density at radius 3 is 2.41 bits per heavy atom. The number of carbonyl (C=O) groups is 1. The molecule has 0 unspecified atom stereocenters. The molecule has 0 aliphatic heterocycles. The van der Waals surface area contributed by atoms with Crippen LogP contribution in [0.1, 0.15) is 76.1 Å². The van der Waals surface area contributed by atoms with Gasteiger partial charge < -0.3 is 5.11 Å². The average molecular weight is 372 g/mol. The van der Waals surface area contributed by atoms with E-state index in [0.717, 1.165) is 19.5 Å². The minimum Gasteiger partial charge on any atom is -0.481 e. The summed E-state index contributed by atoms with van der Waals surface area (Å²) in [6, 6.07) is 10.5. The number of aromatic nitrogens is 2. The highest BCUT2D eigenvalue weighted by molar-refractivity contribution is 5.66. The number of nitrogens with zero attached hydrogens (tertiary/aromatic N) is 2. The largest absolute Gasteiger partial charge is 0.481 e. The quantitative estimate of drug-likeness (QED) is 0.376. The maximum absolute atomic E-state index is 10.8. The Morgan fingerprint density at radius 1 is 1.00 bits per heavy atom. The van der Waals surface area contributed by atoms with E-state index in [4.69, 9.17) is 5.11 Å². The molecule has 1 heterocycles. The van der Waals surface area contributed by atoms with Crippen molar-refractivity contribution in [3.8, 4) is 0 Å². The van der Waals surface area contributed by atoms with Gasteiger partial charge in [-0.3, -0.25) is 4.79 Å². The zero-order valence-corrected chi connectivity index (χ0v) is 16.8. The van der Waals surface area contributed by atoms with Crippen LogP contribution >= 0.6 is 0 Å². The van der Waals surface area contributed by atoms with Crippen LogP contribution in [0, 0.1) is 0 Å². The highest BCUT2D eigenvalue weighted by Crippen LogP contribution is 2.11. The first-order chi connectivity index (χ1) is 13.2. The molecular formula is C23H35N2O2+. The first kappa shape index (κ1) is 21.2.